The van der Waals surface area contributed by atoms with Crippen LogP contribution in [0.5, 0.6) is 11.5 Å². The molecule has 0 amide bonds. The minimum absolute atomic E-state index is 0.414. The van der Waals surface area contributed by atoms with E-state index < -0.39 is 18.3 Å². The van der Waals surface area contributed by atoms with E-state index in [1.807, 2.05) is 24.3 Å². The fourth-order valence-corrected chi connectivity index (χ4v) is 4.43. The average molecular weight is 470 g/mol. The molecular weight excluding hydrogens is 435 g/mol. The molecule has 1 heterocycles. The molecule has 3 aromatic carbocycles. The van der Waals surface area contributed by atoms with Crippen molar-refractivity contribution >= 4 is 23.7 Å². The first-order chi connectivity index (χ1) is 16.7. The van der Waals surface area contributed by atoms with Gasteiger partial charge in [-0.15, -0.1) is 0 Å². The molecule has 1 fully saturated rings. The summed E-state index contributed by atoms with van der Waals surface area (Å²) in [6, 6.07) is 25.0. The average Bonchev–Trinajstić information content (AvgIpc) is 3.09. The minimum atomic E-state index is -0.465. The summed E-state index contributed by atoms with van der Waals surface area (Å²) in [5.41, 5.74) is 5.91. The van der Waals surface area contributed by atoms with E-state index in [1.54, 1.807) is 14.2 Å². The van der Waals surface area contributed by atoms with Crippen LogP contribution in [0.3, 0.4) is 0 Å². The Kier molecular flexibility index (Phi) is 7.11. The van der Waals surface area contributed by atoms with Gasteiger partial charge >= 0.3 is 7.12 Å². The van der Waals surface area contributed by atoms with Gasteiger partial charge in [0.25, 0.3) is 0 Å². The second-order valence-corrected chi connectivity index (χ2v) is 9.88. The maximum absolute atomic E-state index is 6.37. The van der Waals surface area contributed by atoms with Gasteiger partial charge in [0.15, 0.2) is 0 Å². The van der Waals surface area contributed by atoms with Crippen molar-refractivity contribution < 1.29 is 18.8 Å². The molecule has 3 aromatic rings. The van der Waals surface area contributed by atoms with E-state index in [0.717, 1.165) is 40.1 Å². The highest BCUT2D eigenvalue weighted by atomic mass is 16.7. The zero-order chi connectivity index (χ0) is 25.2. The fourth-order valence-electron chi connectivity index (χ4n) is 4.43. The molecule has 0 unspecified atom stereocenters. The number of ether oxygens (including phenoxy) is 2. The lowest BCUT2D eigenvalue weighted by Gasteiger charge is -2.32. The van der Waals surface area contributed by atoms with Crippen molar-refractivity contribution in [2.75, 3.05) is 14.2 Å². The highest BCUT2D eigenvalue weighted by molar-refractivity contribution is 6.62. The van der Waals surface area contributed by atoms with E-state index in [2.05, 4.69) is 83.1 Å². The second kappa shape index (κ2) is 9.92. The van der Waals surface area contributed by atoms with Crippen LogP contribution in [0.15, 0.2) is 72.8 Å². The number of benzene rings is 3. The van der Waals surface area contributed by atoms with Crippen LogP contribution in [0.1, 0.15) is 57.7 Å². The Bertz CT molecular complexity index is 1180. The van der Waals surface area contributed by atoms with Crippen molar-refractivity contribution in [1.82, 2.24) is 0 Å². The Hall–Kier alpha value is -3.02. The highest BCUT2D eigenvalue weighted by Gasteiger charge is 2.51. The molecule has 4 nitrogen and oxygen atoms in total. The van der Waals surface area contributed by atoms with Gasteiger partial charge in [-0.2, -0.15) is 0 Å². The quantitative estimate of drug-likeness (QED) is 0.297. The van der Waals surface area contributed by atoms with Gasteiger partial charge in [-0.1, -0.05) is 55.5 Å². The summed E-state index contributed by atoms with van der Waals surface area (Å²) in [5.74, 6) is 1.61. The Morgan fingerprint density at radius 3 is 1.83 bits per heavy atom. The maximum Gasteiger partial charge on any atom is 0.494 e. The monoisotopic (exact) mass is 470 g/mol. The molecule has 5 heteroatoms. The molecule has 0 aliphatic carbocycles. The summed E-state index contributed by atoms with van der Waals surface area (Å²) in [6.07, 6.45) is 0.840. The number of rotatable bonds is 7. The molecule has 1 aliphatic rings. The van der Waals surface area contributed by atoms with Crippen molar-refractivity contribution in [2.24, 2.45) is 0 Å². The molecule has 0 saturated carbocycles. The van der Waals surface area contributed by atoms with Crippen molar-refractivity contribution in [3.05, 3.63) is 89.5 Å². The Morgan fingerprint density at radius 2 is 1.29 bits per heavy atom. The van der Waals surface area contributed by atoms with Crippen LogP contribution in [-0.4, -0.2) is 32.5 Å². The summed E-state index contributed by atoms with van der Waals surface area (Å²) in [4.78, 5) is 0. The zero-order valence-electron chi connectivity index (χ0n) is 21.8. The lowest BCUT2D eigenvalue weighted by atomic mass is 9.76. The van der Waals surface area contributed by atoms with Crippen LogP contribution >= 0.6 is 0 Å². The van der Waals surface area contributed by atoms with Crippen LogP contribution in [0.4, 0.5) is 0 Å². The van der Waals surface area contributed by atoms with Crippen molar-refractivity contribution in [3.63, 3.8) is 0 Å². The number of methoxy groups -OCH3 is 2. The van der Waals surface area contributed by atoms with E-state index in [1.165, 1.54) is 11.1 Å². The molecule has 1 aliphatic heterocycles. The summed E-state index contributed by atoms with van der Waals surface area (Å²) in [7, 11) is 2.92. The first-order valence-corrected chi connectivity index (χ1v) is 12.2. The summed E-state index contributed by atoms with van der Waals surface area (Å²) < 4.78 is 23.9. The molecule has 182 valence electrons. The predicted molar refractivity (Wildman–Crippen MR) is 144 cm³/mol. The topological polar surface area (TPSA) is 36.9 Å². The number of hydrogen-bond donors (Lipinski definition) is 0. The standard InChI is InChI=1S/C30H35BO4/c1-8-27(28(21-12-10-9-11-13-21)22-14-16-25(32-6)17-15-22)23-18-24(20-26(19-23)33-7)31-34-29(2,3)30(4,5)35-31/h9-20H,8H2,1-7H3/b28-27+. The van der Waals surface area contributed by atoms with Crippen LogP contribution in [-0.2, 0) is 9.31 Å². The molecular formula is C30H35BO4. The molecule has 0 atom stereocenters. The Morgan fingerprint density at radius 1 is 0.714 bits per heavy atom. The van der Waals surface area contributed by atoms with Crippen molar-refractivity contribution in [2.45, 2.75) is 52.2 Å². The first kappa shape index (κ1) is 25.1. The summed E-state index contributed by atoms with van der Waals surface area (Å²) >= 11 is 0. The van der Waals surface area contributed by atoms with Crippen LogP contribution in [0.25, 0.3) is 11.1 Å². The Labute approximate surface area is 210 Å². The van der Waals surface area contributed by atoms with Gasteiger partial charge in [0.05, 0.1) is 25.4 Å². The fraction of sp³-hybridized carbons (Fsp3) is 0.333. The van der Waals surface area contributed by atoms with E-state index in [-0.39, 0.29) is 0 Å². The van der Waals surface area contributed by atoms with E-state index in [9.17, 15) is 0 Å². The second-order valence-electron chi connectivity index (χ2n) is 9.88. The molecule has 35 heavy (non-hydrogen) atoms. The third-order valence-electron chi connectivity index (χ3n) is 7.13. The number of allylic oxidation sites excluding steroid dienone is 1. The van der Waals surface area contributed by atoms with Gasteiger partial charge < -0.3 is 18.8 Å². The molecule has 0 radical (unpaired) electrons. The van der Waals surface area contributed by atoms with E-state index >= 15 is 0 Å². The molecule has 0 bridgehead atoms. The van der Waals surface area contributed by atoms with Crippen molar-refractivity contribution in [1.29, 1.82) is 0 Å². The zero-order valence-corrected chi connectivity index (χ0v) is 21.8. The van der Waals surface area contributed by atoms with Gasteiger partial charge in [-0.25, -0.2) is 0 Å². The van der Waals surface area contributed by atoms with Crippen LogP contribution in [0.2, 0.25) is 0 Å². The summed E-state index contributed by atoms with van der Waals surface area (Å²) in [6.45, 7) is 10.5. The molecule has 0 N–H and O–H groups in total. The molecule has 0 spiro atoms. The molecule has 4 rings (SSSR count). The lowest BCUT2D eigenvalue weighted by Crippen LogP contribution is -2.41. The SMILES string of the molecule is CC/C(=C(/c1ccccc1)c1ccc(OC)cc1)c1cc(OC)cc(B2OC(C)(C)C(C)(C)O2)c1. The highest BCUT2D eigenvalue weighted by Crippen LogP contribution is 2.38. The first-order valence-electron chi connectivity index (χ1n) is 12.2. The van der Waals surface area contributed by atoms with Gasteiger partial charge in [0.1, 0.15) is 11.5 Å². The van der Waals surface area contributed by atoms with Gasteiger partial charge in [0.2, 0.25) is 0 Å². The normalized spacial score (nSPS) is 17.2. The van der Waals surface area contributed by atoms with Crippen LogP contribution < -0.4 is 14.9 Å². The third-order valence-corrected chi connectivity index (χ3v) is 7.13. The van der Waals surface area contributed by atoms with Gasteiger partial charge in [-0.3, -0.25) is 0 Å². The summed E-state index contributed by atoms with van der Waals surface area (Å²) in [5, 5.41) is 0. The Balaban J connectivity index is 1.90. The van der Waals surface area contributed by atoms with E-state index in [4.69, 9.17) is 18.8 Å². The largest absolute Gasteiger partial charge is 0.497 e. The van der Waals surface area contributed by atoms with Gasteiger partial charge in [0, 0.05) is 0 Å². The maximum atomic E-state index is 6.37. The van der Waals surface area contributed by atoms with Gasteiger partial charge in [-0.05, 0) is 91.7 Å². The smallest absolute Gasteiger partial charge is 0.494 e. The minimum Gasteiger partial charge on any atom is -0.497 e. The predicted octanol–water partition coefficient (Wildman–Crippen LogP) is 6.37. The molecule has 0 aromatic heterocycles. The third kappa shape index (κ3) is 5.02. The van der Waals surface area contributed by atoms with Crippen LogP contribution in [0, 0.1) is 0 Å². The molecule has 1 saturated heterocycles. The number of hydrogen-bond acceptors (Lipinski definition) is 4. The van der Waals surface area contributed by atoms with Crippen molar-refractivity contribution in [3.8, 4) is 11.5 Å². The van der Waals surface area contributed by atoms with E-state index in [0.29, 0.717) is 0 Å². The lowest BCUT2D eigenvalue weighted by molar-refractivity contribution is 0.00578.